The van der Waals surface area contributed by atoms with Gasteiger partial charge in [0, 0.05) is 11.6 Å². The Morgan fingerprint density at radius 3 is 2.44 bits per heavy atom. The number of ketones is 1. The zero-order valence-electron chi connectivity index (χ0n) is 10.2. The topological polar surface area (TPSA) is 83.5 Å². The second-order valence-electron chi connectivity index (χ2n) is 3.95. The molecule has 0 aliphatic carbocycles. The van der Waals surface area contributed by atoms with E-state index in [1.165, 1.54) is 0 Å². The second-order valence-corrected chi connectivity index (χ2v) is 5.71. The van der Waals surface area contributed by atoms with E-state index in [2.05, 4.69) is 4.72 Å². The molecule has 5 nitrogen and oxygen atoms in total. The molecule has 0 saturated heterocycles. The molecule has 18 heavy (non-hydrogen) atoms. The van der Waals surface area contributed by atoms with Crippen LogP contribution in [0.1, 0.15) is 23.7 Å². The van der Waals surface area contributed by atoms with Crippen molar-refractivity contribution in [3.63, 3.8) is 0 Å². The molecule has 0 radical (unpaired) electrons. The van der Waals surface area contributed by atoms with Crippen LogP contribution in [0.4, 0.5) is 0 Å². The summed E-state index contributed by atoms with van der Waals surface area (Å²) in [6.07, 6.45) is 0.468. The molecule has 1 aromatic rings. The Balaban J connectivity index is 2.69. The number of carbonyl (C=O) groups excluding carboxylic acids is 1. The minimum atomic E-state index is -3.71. The van der Waals surface area contributed by atoms with Crippen molar-refractivity contribution in [1.82, 2.24) is 4.72 Å². The van der Waals surface area contributed by atoms with Gasteiger partial charge in [0.15, 0.2) is 5.78 Å². The monoisotopic (exact) mass is 271 g/mol. The predicted octanol–water partition coefficient (Wildman–Crippen LogP) is 0.560. The molecule has 0 saturated carbocycles. The minimum absolute atomic E-state index is 0.282. The van der Waals surface area contributed by atoms with Crippen LogP contribution < -0.4 is 4.72 Å². The molecule has 0 spiro atoms. The van der Waals surface area contributed by atoms with Crippen LogP contribution in [0.5, 0.6) is 0 Å². The van der Waals surface area contributed by atoms with Gasteiger partial charge in [-0.25, -0.2) is 13.1 Å². The van der Waals surface area contributed by atoms with Gasteiger partial charge >= 0.3 is 0 Å². The van der Waals surface area contributed by atoms with Crippen molar-refractivity contribution in [3.05, 3.63) is 35.9 Å². The lowest BCUT2D eigenvalue weighted by atomic mass is 10.2. The lowest BCUT2D eigenvalue weighted by Crippen LogP contribution is -2.39. The summed E-state index contributed by atoms with van der Waals surface area (Å²) >= 11 is 0. The molecule has 0 heterocycles. The van der Waals surface area contributed by atoms with E-state index in [1.807, 2.05) is 0 Å². The zero-order chi connectivity index (χ0) is 13.6. The molecule has 0 aliphatic rings. The number of Topliss-reactive ketones (excluding diaryl/α,β-unsaturated/α-hetero) is 1. The summed E-state index contributed by atoms with van der Waals surface area (Å²) in [7, 11) is -3.71. The van der Waals surface area contributed by atoms with Gasteiger partial charge in [0.2, 0.25) is 10.0 Å². The number of benzene rings is 1. The van der Waals surface area contributed by atoms with E-state index in [-0.39, 0.29) is 6.61 Å². The number of sulfonamides is 1. The van der Waals surface area contributed by atoms with Crippen molar-refractivity contribution in [3.8, 4) is 0 Å². The van der Waals surface area contributed by atoms with E-state index < -0.39 is 27.6 Å². The molecule has 2 N–H and O–H groups in total. The minimum Gasteiger partial charge on any atom is -0.395 e. The molecule has 1 aromatic carbocycles. The summed E-state index contributed by atoms with van der Waals surface area (Å²) in [5.41, 5.74) is 0.361. The van der Waals surface area contributed by atoms with E-state index >= 15 is 0 Å². The van der Waals surface area contributed by atoms with Gasteiger partial charge < -0.3 is 5.11 Å². The number of carbonyl (C=O) groups is 1. The lowest BCUT2D eigenvalue weighted by molar-refractivity contribution is 0.102. The van der Waals surface area contributed by atoms with Gasteiger partial charge in [0.1, 0.15) is 5.75 Å². The molecule has 0 fully saturated rings. The highest BCUT2D eigenvalue weighted by Crippen LogP contribution is 2.03. The summed E-state index contributed by atoms with van der Waals surface area (Å²) in [6.45, 7) is 1.47. The third-order valence-corrected chi connectivity index (χ3v) is 3.81. The highest BCUT2D eigenvalue weighted by Gasteiger charge is 2.20. The lowest BCUT2D eigenvalue weighted by Gasteiger charge is -2.13. The molecule has 1 atom stereocenters. The normalized spacial score (nSPS) is 13.2. The fourth-order valence-electron chi connectivity index (χ4n) is 1.43. The highest BCUT2D eigenvalue weighted by atomic mass is 32.2. The van der Waals surface area contributed by atoms with Crippen molar-refractivity contribution >= 4 is 15.8 Å². The molecule has 0 aromatic heterocycles. The van der Waals surface area contributed by atoms with Crippen LogP contribution >= 0.6 is 0 Å². The number of hydrogen-bond acceptors (Lipinski definition) is 4. The third-order valence-electron chi connectivity index (χ3n) is 2.48. The Morgan fingerprint density at radius 1 is 1.33 bits per heavy atom. The highest BCUT2D eigenvalue weighted by molar-refractivity contribution is 7.90. The summed E-state index contributed by atoms with van der Waals surface area (Å²) in [5.74, 6) is -1.07. The van der Waals surface area contributed by atoms with Crippen LogP contribution in [0, 0.1) is 0 Å². The first kappa shape index (κ1) is 14.8. The van der Waals surface area contributed by atoms with Gasteiger partial charge in [0.05, 0.1) is 6.61 Å². The summed E-state index contributed by atoms with van der Waals surface area (Å²) < 4.78 is 25.7. The average molecular weight is 271 g/mol. The predicted molar refractivity (Wildman–Crippen MR) is 68.9 cm³/mol. The first-order valence-electron chi connectivity index (χ1n) is 5.67. The van der Waals surface area contributed by atoms with Gasteiger partial charge in [-0.05, 0) is 6.42 Å². The van der Waals surface area contributed by atoms with Crippen LogP contribution in [-0.2, 0) is 10.0 Å². The van der Waals surface area contributed by atoms with Crippen LogP contribution in [0.25, 0.3) is 0 Å². The Labute approximate surface area is 107 Å². The van der Waals surface area contributed by atoms with E-state index in [4.69, 9.17) is 5.11 Å². The number of hydrogen-bond donors (Lipinski definition) is 2. The van der Waals surface area contributed by atoms with Crippen molar-refractivity contribution < 1.29 is 18.3 Å². The maximum atomic E-state index is 11.7. The van der Waals surface area contributed by atoms with Gasteiger partial charge in [-0.3, -0.25) is 4.79 Å². The molecule has 100 valence electrons. The molecule has 0 bridgehead atoms. The molecule has 0 amide bonds. The summed E-state index contributed by atoms with van der Waals surface area (Å²) in [5, 5.41) is 8.93. The third kappa shape index (κ3) is 4.56. The van der Waals surface area contributed by atoms with Crippen LogP contribution in [0.3, 0.4) is 0 Å². The fourth-order valence-corrected chi connectivity index (χ4v) is 2.77. The van der Waals surface area contributed by atoms with Crippen LogP contribution in [0.15, 0.2) is 30.3 Å². The van der Waals surface area contributed by atoms with Crippen molar-refractivity contribution in [2.45, 2.75) is 19.4 Å². The first-order valence-corrected chi connectivity index (χ1v) is 7.33. The fraction of sp³-hybridized carbons (Fsp3) is 0.417. The number of aliphatic hydroxyl groups is 1. The SMILES string of the molecule is CC[C@@H](CO)NS(=O)(=O)CC(=O)c1ccccc1. The largest absolute Gasteiger partial charge is 0.395 e. The van der Waals surface area contributed by atoms with Gasteiger partial charge in [0.25, 0.3) is 0 Å². The summed E-state index contributed by atoms with van der Waals surface area (Å²) in [4.78, 5) is 11.7. The maximum absolute atomic E-state index is 11.7. The van der Waals surface area contributed by atoms with Crippen molar-refractivity contribution in [2.75, 3.05) is 12.4 Å². The Hall–Kier alpha value is -1.24. The zero-order valence-corrected chi connectivity index (χ0v) is 11.0. The Morgan fingerprint density at radius 2 is 1.94 bits per heavy atom. The van der Waals surface area contributed by atoms with E-state index in [9.17, 15) is 13.2 Å². The van der Waals surface area contributed by atoms with Gasteiger partial charge in [-0.1, -0.05) is 37.3 Å². The smallest absolute Gasteiger partial charge is 0.219 e. The molecule has 0 unspecified atom stereocenters. The second kappa shape index (κ2) is 6.63. The van der Waals surface area contributed by atoms with E-state index in [0.29, 0.717) is 12.0 Å². The Kier molecular flexibility index (Phi) is 5.46. The molecular formula is C12H17NO4S. The van der Waals surface area contributed by atoms with Crippen molar-refractivity contribution in [2.24, 2.45) is 0 Å². The maximum Gasteiger partial charge on any atom is 0.219 e. The van der Waals surface area contributed by atoms with Crippen LogP contribution in [-0.4, -0.2) is 37.7 Å². The molecule has 1 rings (SSSR count). The van der Waals surface area contributed by atoms with Gasteiger partial charge in [-0.2, -0.15) is 0 Å². The number of rotatable bonds is 7. The molecular weight excluding hydrogens is 254 g/mol. The first-order chi connectivity index (χ1) is 8.48. The quantitative estimate of drug-likeness (QED) is 0.710. The van der Waals surface area contributed by atoms with Crippen LogP contribution in [0.2, 0.25) is 0 Å². The van der Waals surface area contributed by atoms with Gasteiger partial charge in [-0.15, -0.1) is 0 Å². The molecule has 0 aliphatic heterocycles. The summed E-state index contributed by atoms with van der Waals surface area (Å²) in [6, 6.07) is 7.70. The standard InChI is InChI=1S/C12H17NO4S/c1-2-11(8-14)13-18(16,17)9-12(15)10-6-4-3-5-7-10/h3-7,11,13-14H,2,8-9H2,1H3/t11-/m0/s1. The van der Waals surface area contributed by atoms with E-state index in [0.717, 1.165) is 0 Å². The van der Waals surface area contributed by atoms with E-state index in [1.54, 1.807) is 37.3 Å². The number of aliphatic hydroxyl groups excluding tert-OH is 1. The average Bonchev–Trinajstić information content (AvgIpc) is 2.36. The Bertz CT molecular complexity index is 480. The molecule has 6 heteroatoms. The van der Waals surface area contributed by atoms with Crippen molar-refractivity contribution in [1.29, 1.82) is 0 Å². The number of nitrogens with one attached hydrogen (secondary N) is 1.